The van der Waals surface area contributed by atoms with Crippen LogP contribution in [0.15, 0.2) is 60.8 Å². The van der Waals surface area contributed by atoms with E-state index in [0.29, 0.717) is 56.5 Å². The van der Waals surface area contributed by atoms with Gasteiger partial charge in [0, 0.05) is 52.2 Å². The molecular weight excluding hydrogens is 532 g/mol. The number of aromatic nitrogens is 2. The fourth-order valence-corrected chi connectivity index (χ4v) is 4.67. The summed E-state index contributed by atoms with van der Waals surface area (Å²) in [4.78, 5) is 40.4. The Morgan fingerprint density at radius 1 is 1.12 bits per heavy atom. The zero-order chi connectivity index (χ0) is 30.3. The molecule has 42 heavy (non-hydrogen) atoms. The molecule has 0 saturated heterocycles. The monoisotopic (exact) mass is 574 g/mol. The molecule has 10 nitrogen and oxygen atoms in total. The lowest BCUT2D eigenvalue weighted by molar-refractivity contribution is 0.0137. The molecule has 1 aliphatic rings. The summed E-state index contributed by atoms with van der Waals surface area (Å²) >= 11 is 0. The zero-order valence-electron chi connectivity index (χ0n) is 25.5. The second-order valence-electron chi connectivity index (χ2n) is 11.4. The van der Waals surface area contributed by atoms with E-state index in [1.807, 2.05) is 94.2 Å². The average molecular weight is 575 g/mol. The fraction of sp³-hybridized carbons (Fsp3) is 0.438. The summed E-state index contributed by atoms with van der Waals surface area (Å²) < 4.78 is 11.9. The maximum Gasteiger partial charge on any atom is 0.410 e. The Kier molecular flexibility index (Phi) is 10.0. The van der Waals surface area contributed by atoms with Gasteiger partial charge >= 0.3 is 6.09 Å². The van der Waals surface area contributed by atoms with Crippen LogP contribution in [0.25, 0.3) is 0 Å². The number of hydrogen-bond acceptors (Lipinski definition) is 8. The molecule has 224 valence electrons. The van der Waals surface area contributed by atoms with Gasteiger partial charge in [-0.25, -0.2) is 9.78 Å². The molecule has 2 aromatic carbocycles. The number of likely N-dealkylation sites (N-methyl/N-ethyl adjacent to an activating group) is 1. The van der Waals surface area contributed by atoms with E-state index < -0.39 is 5.60 Å². The predicted molar refractivity (Wildman–Crippen MR) is 165 cm³/mol. The van der Waals surface area contributed by atoms with Crippen molar-refractivity contribution in [3.8, 4) is 0 Å². The lowest BCUT2D eigenvalue weighted by Gasteiger charge is -2.26. The number of ether oxygens (including phenoxy) is 2. The van der Waals surface area contributed by atoms with E-state index in [1.54, 1.807) is 23.0 Å². The highest BCUT2D eigenvalue weighted by Crippen LogP contribution is 2.28. The normalized spacial score (nSPS) is 14.2. The van der Waals surface area contributed by atoms with E-state index in [4.69, 9.17) is 9.47 Å². The average Bonchev–Trinajstić information content (AvgIpc) is 3.08. The minimum Gasteiger partial charge on any atom is -0.444 e. The second-order valence-corrected chi connectivity index (χ2v) is 11.4. The minimum absolute atomic E-state index is 0.136. The van der Waals surface area contributed by atoms with Crippen LogP contribution in [0.1, 0.15) is 61.7 Å². The third kappa shape index (κ3) is 7.97. The summed E-state index contributed by atoms with van der Waals surface area (Å²) in [6, 6.07) is 17.8. The molecule has 0 radical (unpaired) electrons. The first-order valence-electron chi connectivity index (χ1n) is 14.4. The molecule has 0 aliphatic carbocycles. The van der Waals surface area contributed by atoms with Crippen LogP contribution < -0.4 is 15.1 Å². The van der Waals surface area contributed by atoms with Crippen molar-refractivity contribution in [1.82, 2.24) is 14.9 Å². The molecule has 1 atom stereocenters. The molecule has 4 rings (SSSR count). The summed E-state index contributed by atoms with van der Waals surface area (Å²) in [5.41, 5.74) is 2.68. The van der Waals surface area contributed by atoms with Crippen molar-refractivity contribution < 1.29 is 19.1 Å². The number of fused-ring (bicyclic) bond motifs is 1. The molecule has 1 aliphatic heterocycles. The van der Waals surface area contributed by atoms with Gasteiger partial charge in [-0.1, -0.05) is 42.5 Å². The molecule has 3 aromatic rings. The molecule has 2 heterocycles. The molecule has 10 heteroatoms. The topological polar surface area (TPSA) is 100 Å². The molecule has 1 unspecified atom stereocenters. The Bertz CT molecular complexity index is 1360. The zero-order valence-corrected chi connectivity index (χ0v) is 25.5. The van der Waals surface area contributed by atoms with E-state index in [0.717, 1.165) is 16.8 Å². The van der Waals surface area contributed by atoms with Crippen LogP contribution in [0.5, 0.6) is 0 Å². The summed E-state index contributed by atoms with van der Waals surface area (Å²) in [6.45, 7) is 10.2. The number of benzene rings is 2. The molecule has 0 spiro atoms. The summed E-state index contributed by atoms with van der Waals surface area (Å²) in [5.74, 6) is 0.992. The molecular formula is C32H42N6O4. The lowest BCUT2D eigenvalue weighted by atomic mass is 10.1. The van der Waals surface area contributed by atoms with Crippen LogP contribution >= 0.6 is 0 Å². The smallest absolute Gasteiger partial charge is 0.410 e. The number of nitrogens with one attached hydrogen (secondary N) is 1. The first-order chi connectivity index (χ1) is 20.1. The van der Waals surface area contributed by atoms with E-state index in [9.17, 15) is 9.59 Å². The maximum absolute atomic E-state index is 13.6. The second kappa shape index (κ2) is 13.7. The molecule has 0 fully saturated rings. The van der Waals surface area contributed by atoms with Gasteiger partial charge in [0.15, 0.2) is 0 Å². The number of hydrogen-bond donors (Lipinski definition) is 1. The van der Waals surface area contributed by atoms with Crippen LogP contribution in [-0.2, 0) is 16.1 Å². The van der Waals surface area contributed by atoms with Gasteiger partial charge in [-0.15, -0.1) is 0 Å². The van der Waals surface area contributed by atoms with Gasteiger partial charge in [0.2, 0.25) is 5.95 Å². The van der Waals surface area contributed by atoms with Crippen LogP contribution in [0.2, 0.25) is 0 Å². The largest absolute Gasteiger partial charge is 0.444 e. The van der Waals surface area contributed by atoms with E-state index in [-0.39, 0.29) is 18.1 Å². The number of amides is 2. The number of anilines is 3. The predicted octanol–water partition coefficient (Wildman–Crippen LogP) is 5.52. The standard InChI is InChI=1S/C32H42N6O4/c1-7-33-30-34-21-26-28(35-30)36(5)18-19-38(29(26)39)25-15-11-12-23(20-25)22-41-27(24-13-9-8-10-14-24)16-17-37(6)31(40)42-32(2,3)4/h8-15,20-21,27H,7,16-19,22H2,1-6H3,(H,33,34,35). The highest BCUT2D eigenvalue weighted by atomic mass is 16.6. The Labute approximate surface area is 248 Å². The van der Waals surface area contributed by atoms with Gasteiger partial charge in [0.1, 0.15) is 17.0 Å². The number of carbonyl (C=O) groups is 2. The van der Waals surface area contributed by atoms with Crippen LogP contribution in [0.3, 0.4) is 0 Å². The highest BCUT2D eigenvalue weighted by molar-refractivity contribution is 6.09. The van der Waals surface area contributed by atoms with Crippen LogP contribution in [-0.4, -0.2) is 72.7 Å². The SMILES string of the molecule is CCNc1ncc2c(n1)N(C)CCN(c1cccc(COC(CCN(C)C(=O)OC(C)(C)C)c3ccccc3)c1)C2=O. The van der Waals surface area contributed by atoms with E-state index >= 15 is 0 Å². The molecule has 0 bridgehead atoms. The van der Waals surface area contributed by atoms with Crippen molar-refractivity contribution in [3.63, 3.8) is 0 Å². The van der Waals surface area contributed by atoms with Gasteiger partial charge < -0.3 is 29.5 Å². The van der Waals surface area contributed by atoms with Crippen molar-refractivity contribution in [3.05, 3.63) is 77.5 Å². The number of carbonyl (C=O) groups excluding carboxylic acids is 2. The van der Waals surface area contributed by atoms with Crippen molar-refractivity contribution >= 4 is 29.5 Å². The third-order valence-electron chi connectivity index (χ3n) is 6.88. The molecule has 1 aromatic heterocycles. The Morgan fingerprint density at radius 2 is 1.88 bits per heavy atom. The summed E-state index contributed by atoms with van der Waals surface area (Å²) in [6.07, 6.45) is 1.60. The molecule has 2 amide bonds. The highest BCUT2D eigenvalue weighted by Gasteiger charge is 2.28. The van der Waals surface area contributed by atoms with Gasteiger partial charge in [0.25, 0.3) is 5.91 Å². The Balaban J connectivity index is 1.47. The van der Waals surface area contributed by atoms with Crippen LogP contribution in [0, 0.1) is 0 Å². The van der Waals surface area contributed by atoms with Gasteiger partial charge in [-0.3, -0.25) is 4.79 Å². The van der Waals surface area contributed by atoms with Crippen molar-refractivity contribution in [2.45, 2.75) is 52.4 Å². The van der Waals surface area contributed by atoms with Crippen molar-refractivity contribution in [2.75, 3.05) is 55.4 Å². The first-order valence-corrected chi connectivity index (χ1v) is 14.4. The quantitative estimate of drug-likeness (QED) is 0.338. The van der Waals surface area contributed by atoms with E-state index in [1.165, 1.54) is 0 Å². The Morgan fingerprint density at radius 3 is 2.60 bits per heavy atom. The molecule has 1 N–H and O–H groups in total. The summed E-state index contributed by atoms with van der Waals surface area (Å²) in [5, 5.41) is 3.11. The summed E-state index contributed by atoms with van der Waals surface area (Å²) in [7, 11) is 3.67. The van der Waals surface area contributed by atoms with Crippen LogP contribution in [0.4, 0.5) is 22.2 Å². The number of nitrogens with zero attached hydrogens (tertiary/aromatic N) is 5. The van der Waals surface area contributed by atoms with Gasteiger partial charge in [-0.2, -0.15) is 4.98 Å². The van der Waals surface area contributed by atoms with Crippen molar-refractivity contribution in [1.29, 1.82) is 0 Å². The van der Waals surface area contributed by atoms with Gasteiger partial charge in [-0.05, 0) is 57.4 Å². The lowest BCUT2D eigenvalue weighted by Crippen LogP contribution is -2.35. The van der Waals surface area contributed by atoms with Crippen molar-refractivity contribution in [2.24, 2.45) is 0 Å². The molecule has 0 saturated carbocycles. The maximum atomic E-state index is 13.6. The van der Waals surface area contributed by atoms with Gasteiger partial charge in [0.05, 0.1) is 12.7 Å². The Hall–Kier alpha value is -4.18. The third-order valence-corrected chi connectivity index (χ3v) is 6.88. The fourth-order valence-electron chi connectivity index (χ4n) is 4.67. The van der Waals surface area contributed by atoms with E-state index in [2.05, 4.69) is 15.3 Å². The first kappa shape index (κ1) is 30.8. The minimum atomic E-state index is -0.555. The number of rotatable bonds is 10.